The Morgan fingerprint density at radius 1 is 0.667 bits per heavy atom. The second-order valence-electron chi connectivity index (χ2n) is 5.44. The van der Waals surface area contributed by atoms with Crippen LogP contribution in [0.2, 0.25) is 0 Å². The van der Waals surface area contributed by atoms with Crippen molar-refractivity contribution in [1.82, 2.24) is 0 Å². The number of alkyl halides is 15. The van der Waals surface area contributed by atoms with Crippen molar-refractivity contribution in [3.63, 3.8) is 0 Å². The number of carboxylic acid groups (broad SMARTS) is 1. The Kier molecular flexibility index (Phi) is 9.03. The Morgan fingerprint density at radius 2 is 0.967 bits per heavy atom. The Bertz CT molecular complexity index is 583. The molecular weight excluding hydrogens is 475 g/mol. The van der Waals surface area contributed by atoms with Gasteiger partial charge < -0.3 is 15.6 Å². The monoisotopic (exact) mass is 487 g/mol. The molecule has 182 valence electrons. The largest absolute Gasteiger partial charge is 0.544 e. The minimum Gasteiger partial charge on any atom is -0.544 e. The molecule has 0 spiro atoms. The topological polar surface area (TPSA) is 67.8 Å². The fraction of sp³-hybridized carbons (Fsp3) is 0.917. The SMILES string of the molecule is CCCC[NH3+].O=C([O-])C(F)(F)C(F)(F)C(F)(F)C(F)(F)C(F)(F)C(F)(F)C(F)(F)F. The maximum absolute atomic E-state index is 12.8. The third-order valence-corrected chi connectivity index (χ3v) is 3.19. The smallest absolute Gasteiger partial charge is 0.460 e. The van der Waals surface area contributed by atoms with E-state index in [9.17, 15) is 75.8 Å². The molecule has 18 heteroatoms. The molecule has 0 radical (unpaired) electrons. The van der Waals surface area contributed by atoms with E-state index in [0.29, 0.717) is 0 Å². The van der Waals surface area contributed by atoms with Gasteiger partial charge in [-0.1, -0.05) is 13.3 Å². The first-order chi connectivity index (χ1) is 12.9. The average Bonchev–Trinajstić information content (AvgIpc) is 2.53. The van der Waals surface area contributed by atoms with Gasteiger partial charge in [-0.05, 0) is 6.42 Å². The molecule has 0 aliphatic heterocycles. The lowest BCUT2D eigenvalue weighted by Crippen LogP contribution is -2.74. The predicted molar refractivity (Wildman–Crippen MR) is 63.4 cm³/mol. The minimum atomic E-state index is -8.50. The van der Waals surface area contributed by atoms with Gasteiger partial charge in [0, 0.05) is 0 Å². The van der Waals surface area contributed by atoms with Crippen LogP contribution in [0.25, 0.3) is 0 Å². The van der Waals surface area contributed by atoms with Crippen molar-refractivity contribution in [2.45, 2.75) is 61.5 Å². The van der Waals surface area contributed by atoms with Gasteiger partial charge in [0.2, 0.25) is 0 Å². The molecule has 0 heterocycles. The summed E-state index contributed by atoms with van der Waals surface area (Å²) in [5, 5.41) is 9.61. The van der Waals surface area contributed by atoms with Gasteiger partial charge in [-0.3, -0.25) is 0 Å². The van der Waals surface area contributed by atoms with E-state index < -0.39 is 47.7 Å². The van der Waals surface area contributed by atoms with Crippen molar-refractivity contribution in [1.29, 1.82) is 0 Å². The Morgan fingerprint density at radius 3 is 1.17 bits per heavy atom. The van der Waals surface area contributed by atoms with E-state index in [-0.39, 0.29) is 0 Å². The van der Waals surface area contributed by atoms with Crippen LogP contribution in [0.15, 0.2) is 0 Å². The van der Waals surface area contributed by atoms with E-state index in [4.69, 9.17) is 0 Å². The normalized spacial score (nSPS) is 14.8. The van der Waals surface area contributed by atoms with Gasteiger partial charge in [0.1, 0.15) is 5.97 Å². The number of halogens is 15. The summed E-state index contributed by atoms with van der Waals surface area (Å²) in [7, 11) is 0. The highest BCUT2D eigenvalue weighted by atomic mass is 19.4. The van der Waals surface area contributed by atoms with Gasteiger partial charge in [-0.2, -0.15) is 65.9 Å². The van der Waals surface area contributed by atoms with Crippen molar-refractivity contribution in [3.05, 3.63) is 0 Å². The highest BCUT2D eigenvalue weighted by molar-refractivity contribution is 5.75. The number of quaternary nitrogens is 1. The van der Waals surface area contributed by atoms with Gasteiger partial charge in [0.25, 0.3) is 0 Å². The summed E-state index contributed by atoms with van der Waals surface area (Å²) < 4.78 is 186. The molecular formula is C12H12F15NO2. The molecule has 0 fully saturated rings. The van der Waals surface area contributed by atoms with Crippen molar-refractivity contribution in [2.75, 3.05) is 6.54 Å². The molecule has 0 saturated heterocycles. The fourth-order valence-corrected chi connectivity index (χ4v) is 1.34. The highest BCUT2D eigenvalue weighted by Crippen LogP contribution is 2.62. The number of hydrogen-bond acceptors (Lipinski definition) is 2. The van der Waals surface area contributed by atoms with Crippen LogP contribution >= 0.6 is 0 Å². The lowest BCUT2D eigenvalue weighted by molar-refractivity contribution is -0.454. The van der Waals surface area contributed by atoms with Crippen LogP contribution in [0.5, 0.6) is 0 Å². The van der Waals surface area contributed by atoms with E-state index in [1.807, 2.05) is 0 Å². The zero-order valence-corrected chi connectivity index (χ0v) is 14.3. The number of carbonyl (C=O) groups is 1. The van der Waals surface area contributed by atoms with Crippen LogP contribution in [0.1, 0.15) is 19.8 Å². The quantitative estimate of drug-likeness (QED) is 0.535. The summed E-state index contributed by atoms with van der Waals surface area (Å²) in [6, 6.07) is 0. The minimum absolute atomic E-state index is 1.09. The maximum atomic E-state index is 12.8. The maximum Gasteiger partial charge on any atom is 0.460 e. The Labute approximate surface area is 157 Å². The summed E-state index contributed by atoms with van der Waals surface area (Å²) in [6.45, 7) is 3.27. The van der Waals surface area contributed by atoms with E-state index >= 15 is 0 Å². The second-order valence-corrected chi connectivity index (χ2v) is 5.44. The lowest BCUT2D eigenvalue weighted by atomic mass is 9.91. The van der Waals surface area contributed by atoms with Gasteiger partial charge >= 0.3 is 41.7 Å². The van der Waals surface area contributed by atoms with Crippen LogP contribution in [-0.4, -0.2) is 54.2 Å². The Balaban J connectivity index is 0. The van der Waals surface area contributed by atoms with Crippen LogP contribution < -0.4 is 10.8 Å². The van der Waals surface area contributed by atoms with Crippen LogP contribution in [0, 0.1) is 0 Å². The zero-order chi connectivity index (χ0) is 25.2. The first kappa shape index (κ1) is 30.6. The van der Waals surface area contributed by atoms with Crippen LogP contribution in [-0.2, 0) is 4.79 Å². The van der Waals surface area contributed by atoms with Crippen LogP contribution in [0.4, 0.5) is 65.9 Å². The summed E-state index contributed by atoms with van der Waals surface area (Å²) in [5.74, 6) is -53.3. The number of rotatable bonds is 8. The number of aliphatic carboxylic acids is 1. The Hall–Kier alpha value is -1.62. The third-order valence-electron chi connectivity index (χ3n) is 3.19. The standard InChI is InChI=1S/C8HF15O2.C4H11N/c9-2(10,1(24)25)3(11,12)4(13,14)5(15,16)6(17,18)7(19,20)8(21,22)23;1-2-3-4-5/h(H,24,25);2-5H2,1H3. The summed E-state index contributed by atoms with van der Waals surface area (Å²) in [5.41, 5.74) is 3.68. The number of carbonyl (C=O) groups excluding carboxylic acids is 1. The molecule has 0 rings (SSSR count). The molecule has 0 aromatic heterocycles. The van der Waals surface area contributed by atoms with Crippen molar-refractivity contribution >= 4 is 5.97 Å². The molecule has 0 aromatic rings. The van der Waals surface area contributed by atoms with Crippen molar-refractivity contribution < 1.29 is 81.5 Å². The summed E-state index contributed by atoms with van der Waals surface area (Å²) in [6.07, 6.45) is -5.15. The highest BCUT2D eigenvalue weighted by Gasteiger charge is 2.93. The molecule has 3 N–H and O–H groups in total. The van der Waals surface area contributed by atoms with Crippen LogP contribution in [0.3, 0.4) is 0 Å². The van der Waals surface area contributed by atoms with Crippen molar-refractivity contribution in [2.24, 2.45) is 0 Å². The van der Waals surface area contributed by atoms with Gasteiger partial charge in [-0.25, -0.2) is 0 Å². The molecule has 0 unspecified atom stereocenters. The molecule has 30 heavy (non-hydrogen) atoms. The first-order valence-corrected chi connectivity index (χ1v) is 7.20. The van der Waals surface area contributed by atoms with Gasteiger partial charge in [0.15, 0.2) is 0 Å². The molecule has 0 aliphatic rings. The second kappa shape index (κ2) is 8.86. The molecule has 0 aliphatic carbocycles. The van der Waals surface area contributed by atoms with Gasteiger partial charge in [0.05, 0.1) is 6.54 Å². The summed E-state index contributed by atoms with van der Waals surface area (Å²) in [4.78, 5) is 9.61. The number of unbranched alkanes of at least 4 members (excludes halogenated alkanes) is 1. The fourth-order valence-electron chi connectivity index (χ4n) is 1.34. The molecule has 0 atom stereocenters. The number of carboxylic acids is 1. The van der Waals surface area contributed by atoms with E-state index in [0.717, 1.165) is 6.54 Å². The molecule has 0 saturated carbocycles. The van der Waals surface area contributed by atoms with E-state index in [2.05, 4.69) is 12.7 Å². The van der Waals surface area contributed by atoms with E-state index in [1.165, 1.54) is 12.8 Å². The van der Waals surface area contributed by atoms with Gasteiger partial charge in [-0.15, -0.1) is 0 Å². The third kappa shape index (κ3) is 4.66. The lowest BCUT2D eigenvalue weighted by Gasteiger charge is -2.41. The first-order valence-electron chi connectivity index (χ1n) is 7.20. The molecule has 3 nitrogen and oxygen atoms in total. The zero-order valence-electron chi connectivity index (χ0n) is 14.3. The predicted octanol–water partition coefficient (Wildman–Crippen LogP) is 3.14. The average molecular weight is 487 g/mol. The molecule has 0 aromatic carbocycles. The number of hydrogen-bond donors (Lipinski definition) is 1. The molecule has 0 amide bonds. The summed E-state index contributed by atoms with van der Waals surface area (Å²) >= 11 is 0. The van der Waals surface area contributed by atoms with E-state index in [1.54, 1.807) is 0 Å². The molecule has 0 bridgehead atoms. The van der Waals surface area contributed by atoms with Crippen molar-refractivity contribution in [3.8, 4) is 0 Å².